The molecule has 0 amide bonds. The summed E-state index contributed by atoms with van der Waals surface area (Å²) in [4.78, 5) is 0. The van der Waals surface area contributed by atoms with Crippen LogP contribution in [0.25, 0.3) is 0 Å². The Morgan fingerprint density at radius 1 is 1.43 bits per heavy atom. The average molecular weight is 202 g/mol. The first-order chi connectivity index (χ1) is 6.57. The van der Waals surface area contributed by atoms with Crippen LogP contribution in [0.2, 0.25) is 0 Å². The van der Waals surface area contributed by atoms with E-state index in [1.807, 2.05) is 0 Å². The van der Waals surface area contributed by atoms with Gasteiger partial charge in [-0.1, -0.05) is 5.16 Å². The molecule has 1 aliphatic carbocycles. The maximum absolute atomic E-state index is 12.8. The van der Waals surface area contributed by atoms with Crippen LogP contribution >= 0.6 is 0 Å². The van der Waals surface area contributed by atoms with E-state index in [1.165, 1.54) is 0 Å². The van der Waals surface area contributed by atoms with Crippen LogP contribution in [0.1, 0.15) is 37.3 Å². The molecule has 0 bridgehead atoms. The first-order valence-corrected chi connectivity index (χ1v) is 4.67. The lowest BCUT2D eigenvalue weighted by Gasteiger charge is -2.26. The van der Waals surface area contributed by atoms with Gasteiger partial charge >= 0.3 is 0 Å². The molecule has 1 saturated carbocycles. The quantitative estimate of drug-likeness (QED) is 0.761. The summed E-state index contributed by atoms with van der Waals surface area (Å²) >= 11 is 0. The number of anilines is 1. The molecule has 3 nitrogen and oxygen atoms in total. The third-order valence-electron chi connectivity index (χ3n) is 2.68. The first kappa shape index (κ1) is 9.43. The van der Waals surface area contributed by atoms with E-state index in [-0.39, 0.29) is 24.6 Å². The third-order valence-corrected chi connectivity index (χ3v) is 2.68. The number of rotatable bonds is 1. The first-order valence-electron chi connectivity index (χ1n) is 4.67. The fourth-order valence-electron chi connectivity index (χ4n) is 1.83. The molecule has 14 heavy (non-hydrogen) atoms. The Labute approximate surface area is 80.3 Å². The van der Waals surface area contributed by atoms with Crippen molar-refractivity contribution in [1.29, 1.82) is 0 Å². The van der Waals surface area contributed by atoms with Crippen LogP contribution in [0.15, 0.2) is 10.6 Å². The average Bonchev–Trinajstić information content (AvgIpc) is 2.52. The molecule has 0 spiro atoms. The van der Waals surface area contributed by atoms with Crippen molar-refractivity contribution in [2.45, 2.75) is 37.5 Å². The molecule has 78 valence electrons. The van der Waals surface area contributed by atoms with Crippen molar-refractivity contribution in [2.24, 2.45) is 0 Å². The second-order valence-electron chi connectivity index (χ2n) is 3.78. The Morgan fingerprint density at radius 3 is 2.57 bits per heavy atom. The predicted octanol–water partition coefficient (Wildman–Crippen LogP) is 2.55. The minimum absolute atomic E-state index is 0.0650. The molecule has 0 unspecified atom stereocenters. The molecule has 2 rings (SSSR count). The van der Waals surface area contributed by atoms with Gasteiger partial charge in [-0.2, -0.15) is 0 Å². The van der Waals surface area contributed by atoms with Crippen molar-refractivity contribution in [3.63, 3.8) is 0 Å². The topological polar surface area (TPSA) is 52.0 Å². The molecule has 1 aromatic rings. The summed E-state index contributed by atoms with van der Waals surface area (Å²) in [5.74, 6) is -2.17. The van der Waals surface area contributed by atoms with Gasteiger partial charge < -0.3 is 10.3 Å². The highest BCUT2D eigenvalue weighted by Gasteiger charge is 2.36. The van der Waals surface area contributed by atoms with Crippen LogP contribution in [0.4, 0.5) is 14.7 Å². The standard InChI is InChI=1S/C9H12F2N2O/c10-9(11)3-1-6(2-4-9)7-5-8(12)14-13-7/h5-6H,1-4,12H2. The number of halogens is 2. The number of hydrogen-bond acceptors (Lipinski definition) is 3. The Balaban J connectivity index is 2.02. The summed E-state index contributed by atoms with van der Waals surface area (Å²) in [5, 5.41) is 3.74. The smallest absolute Gasteiger partial charge is 0.248 e. The maximum atomic E-state index is 12.8. The van der Waals surface area contributed by atoms with Gasteiger partial charge in [0.15, 0.2) is 0 Å². The molecule has 1 aliphatic rings. The molecule has 2 N–H and O–H groups in total. The van der Waals surface area contributed by atoms with Gasteiger partial charge in [0.05, 0.1) is 5.69 Å². The molecule has 0 radical (unpaired) electrons. The van der Waals surface area contributed by atoms with Crippen molar-refractivity contribution in [3.8, 4) is 0 Å². The third kappa shape index (κ3) is 1.86. The molecule has 1 fully saturated rings. The van der Waals surface area contributed by atoms with Gasteiger partial charge in [0.2, 0.25) is 11.8 Å². The van der Waals surface area contributed by atoms with Gasteiger partial charge in [-0.3, -0.25) is 0 Å². The van der Waals surface area contributed by atoms with E-state index in [1.54, 1.807) is 6.07 Å². The van der Waals surface area contributed by atoms with Gasteiger partial charge in [0.25, 0.3) is 0 Å². The number of hydrogen-bond donors (Lipinski definition) is 1. The van der Waals surface area contributed by atoms with E-state index in [9.17, 15) is 8.78 Å². The lowest BCUT2D eigenvalue weighted by atomic mass is 9.85. The Kier molecular flexibility index (Phi) is 2.17. The number of alkyl halides is 2. The summed E-state index contributed by atoms with van der Waals surface area (Å²) in [5.41, 5.74) is 6.07. The zero-order chi connectivity index (χ0) is 10.2. The highest BCUT2D eigenvalue weighted by molar-refractivity contribution is 5.26. The van der Waals surface area contributed by atoms with Crippen LogP contribution in [0.3, 0.4) is 0 Å². The number of nitrogens with two attached hydrogens (primary N) is 1. The highest BCUT2D eigenvalue weighted by atomic mass is 19.3. The van der Waals surface area contributed by atoms with Crippen molar-refractivity contribution in [1.82, 2.24) is 5.16 Å². The molecular formula is C9H12F2N2O. The van der Waals surface area contributed by atoms with Crippen molar-refractivity contribution >= 4 is 5.88 Å². The molecular weight excluding hydrogens is 190 g/mol. The number of aromatic nitrogens is 1. The summed E-state index contributed by atoms with van der Waals surface area (Å²) < 4.78 is 30.4. The minimum Gasteiger partial charge on any atom is -0.368 e. The SMILES string of the molecule is Nc1cc(C2CCC(F)(F)CC2)no1. The van der Waals surface area contributed by atoms with E-state index >= 15 is 0 Å². The van der Waals surface area contributed by atoms with E-state index in [0.717, 1.165) is 0 Å². The largest absolute Gasteiger partial charge is 0.368 e. The lowest BCUT2D eigenvalue weighted by molar-refractivity contribution is -0.0386. The van der Waals surface area contributed by atoms with E-state index in [2.05, 4.69) is 5.16 Å². The Morgan fingerprint density at radius 2 is 2.07 bits per heavy atom. The summed E-state index contributed by atoms with van der Waals surface area (Å²) in [6.07, 6.45) is 0.785. The second-order valence-corrected chi connectivity index (χ2v) is 3.78. The van der Waals surface area contributed by atoms with E-state index in [0.29, 0.717) is 18.5 Å². The van der Waals surface area contributed by atoms with Crippen LogP contribution in [0, 0.1) is 0 Å². The second kappa shape index (κ2) is 3.22. The fourth-order valence-corrected chi connectivity index (χ4v) is 1.83. The van der Waals surface area contributed by atoms with E-state index in [4.69, 9.17) is 10.3 Å². The normalized spacial score (nSPS) is 22.4. The lowest BCUT2D eigenvalue weighted by Crippen LogP contribution is -2.23. The van der Waals surface area contributed by atoms with E-state index < -0.39 is 5.92 Å². The fraction of sp³-hybridized carbons (Fsp3) is 0.667. The molecule has 5 heteroatoms. The molecule has 0 aliphatic heterocycles. The van der Waals surface area contributed by atoms with Crippen LogP contribution in [-0.4, -0.2) is 11.1 Å². The summed E-state index contributed by atoms with van der Waals surface area (Å²) in [7, 11) is 0. The van der Waals surface area contributed by atoms with Gasteiger partial charge in [-0.05, 0) is 12.8 Å². The zero-order valence-electron chi connectivity index (χ0n) is 7.67. The molecule has 1 aromatic heterocycles. The van der Waals surface area contributed by atoms with Gasteiger partial charge in [0, 0.05) is 24.8 Å². The summed E-state index contributed by atoms with van der Waals surface area (Å²) in [6.45, 7) is 0. The predicted molar refractivity (Wildman–Crippen MR) is 47.1 cm³/mol. The van der Waals surface area contributed by atoms with Crippen molar-refractivity contribution in [3.05, 3.63) is 11.8 Å². The van der Waals surface area contributed by atoms with Gasteiger partial charge in [-0.15, -0.1) is 0 Å². The molecule has 1 heterocycles. The van der Waals surface area contributed by atoms with Gasteiger partial charge in [0.1, 0.15) is 0 Å². The van der Waals surface area contributed by atoms with Crippen LogP contribution in [-0.2, 0) is 0 Å². The summed E-state index contributed by atoms with van der Waals surface area (Å²) in [6, 6.07) is 1.62. The molecule has 0 saturated heterocycles. The molecule has 0 atom stereocenters. The Bertz CT molecular complexity index is 314. The monoisotopic (exact) mass is 202 g/mol. The van der Waals surface area contributed by atoms with Crippen LogP contribution in [0.5, 0.6) is 0 Å². The van der Waals surface area contributed by atoms with Crippen LogP contribution < -0.4 is 5.73 Å². The Hall–Kier alpha value is -1.13. The zero-order valence-corrected chi connectivity index (χ0v) is 7.67. The van der Waals surface area contributed by atoms with Crippen molar-refractivity contribution in [2.75, 3.05) is 5.73 Å². The maximum Gasteiger partial charge on any atom is 0.248 e. The minimum atomic E-state index is -2.49. The number of nitrogens with zero attached hydrogens (tertiary/aromatic N) is 1. The molecule has 0 aromatic carbocycles. The van der Waals surface area contributed by atoms with Crippen molar-refractivity contribution < 1.29 is 13.3 Å². The highest BCUT2D eigenvalue weighted by Crippen LogP contribution is 2.40. The van der Waals surface area contributed by atoms with Gasteiger partial charge in [-0.25, -0.2) is 8.78 Å². The number of nitrogen functional groups attached to an aromatic ring is 1.